The molecule has 2 aromatic carbocycles. The minimum atomic E-state index is -0.324. The van der Waals surface area contributed by atoms with Gasteiger partial charge in [0, 0.05) is 57.8 Å². The Labute approximate surface area is 207 Å². The summed E-state index contributed by atoms with van der Waals surface area (Å²) in [6.07, 6.45) is 1.41. The van der Waals surface area contributed by atoms with Crippen molar-refractivity contribution < 1.29 is 9.53 Å². The summed E-state index contributed by atoms with van der Waals surface area (Å²) in [6, 6.07) is 18.5. The highest BCUT2D eigenvalue weighted by Gasteiger charge is 2.23. The number of guanidine groups is 1. The van der Waals surface area contributed by atoms with Gasteiger partial charge in [-0.25, -0.2) is 0 Å². The number of rotatable bonds is 5. The first-order valence-corrected chi connectivity index (χ1v) is 11.0. The van der Waals surface area contributed by atoms with Gasteiger partial charge in [0.25, 0.3) is 5.91 Å². The molecular weight excluding hydrogens is 517 g/mol. The van der Waals surface area contributed by atoms with E-state index in [0.29, 0.717) is 13.2 Å². The number of aliphatic imine (C=N–C) groups is 1. The second kappa shape index (κ2) is 12.1. The van der Waals surface area contributed by atoms with Crippen molar-refractivity contribution in [2.45, 2.75) is 25.5 Å². The van der Waals surface area contributed by atoms with Gasteiger partial charge in [-0.15, -0.1) is 24.0 Å². The molecule has 1 atom stereocenters. The van der Waals surface area contributed by atoms with Gasteiger partial charge in [-0.2, -0.15) is 0 Å². The standard InChI is InChI=1S/C24H31N5O2.HI/c1-25-24(29-14-12-28(13-15-29)21-9-3-2-4-10-21)26-18-19-7-5-8-20(17-19)27-23(30)22-11-6-16-31-22;/h2-5,7-10,17,22H,6,11-16,18H2,1H3,(H,25,26)(H,27,30);1H. The molecule has 2 fully saturated rings. The molecule has 0 saturated carbocycles. The van der Waals surface area contributed by atoms with Crippen LogP contribution in [0.5, 0.6) is 0 Å². The molecule has 1 amide bonds. The maximum Gasteiger partial charge on any atom is 0.253 e. The van der Waals surface area contributed by atoms with Crippen LogP contribution in [0.4, 0.5) is 11.4 Å². The van der Waals surface area contributed by atoms with Crippen LogP contribution in [0, 0.1) is 0 Å². The van der Waals surface area contributed by atoms with Crippen LogP contribution < -0.4 is 15.5 Å². The van der Waals surface area contributed by atoms with Crippen molar-refractivity contribution in [1.29, 1.82) is 0 Å². The van der Waals surface area contributed by atoms with E-state index in [-0.39, 0.29) is 36.0 Å². The molecule has 1 unspecified atom stereocenters. The van der Waals surface area contributed by atoms with E-state index in [9.17, 15) is 4.79 Å². The third-order valence-corrected chi connectivity index (χ3v) is 5.78. The Hall–Kier alpha value is -2.33. The van der Waals surface area contributed by atoms with Crippen LogP contribution in [0.3, 0.4) is 0 Å². The molecule has 2 aromatic rings. The van der Waals surface area contributed by atoms with Crippen LogP contribution in [0.1, 0.15) is 18.4 Å². The summed E-state index contributed by atoms with van der Waals surface area (Å²) in [5.74, 6) is 0.844. The summed E-state index contributed by atoms with van der Waals surface area (Å²) in [7, 11) is 1.82. The van der Waals surface area contributed by atoms with Gasteiger partial charge in [0.2, 0.25) is 0 Å². The number of benzene rings is 2. The monoisotopic (exact) mass is 549 g/mol. The lowest BCUT2D eigenvalue weighted by atomic mass is 10.2. The fraction of sp³-hybridized carbons (Fsp3) is 0.417. The Morgan fingerprint density at radius 3 is 2.56 bits per heavy atom. The molecule has 2 aliphatic rings. The molecule has 7 nitrogen and oxygen atoms in total. The number of hydrogen-bond acceptors (Lipinski definition) is 4. The van der Waals surface area contributed by atoms with Crippen LogP contribution >= 0.6 is 24.0 Å². The number of carbonyl (C=O) groups is 1. The van der Waals surface area contributed by atoms with Crippen molar-refractivity contribution >= 4 is 47.2 Å². The average molecular weight is 549 g/mol. The Morgan fingerprint density at radius 1 is 1.09 bits per heavy atom. The maximum absolute atomic E-state index is 12.3. The molecule has 2 N–H and O–H groups in total. The zero-order valence-corrected chi connectivity index (χ0v) is 20.8. The van der Waals surface area contributed by atoms with Crippen molar-refractivity contribution in [3.8, 4) is 0 Å². The number of para-hydroxylation sites is 1. The molecule has 32 heavy (non-hydrogen) atoms. The fourth-order valence-electron chi connectivity index (χ4n) is 4.09. The molecule has 8 heteroatoms. The summed E-state index contributed by atoms with van der Waals surface area (Å²) in [6.45, 7) is 5.10. The highest BCUT2D eigenvalue weighted by Crippen LogP contribution is 2.17. The number of piperazine rings is 1. The molecule has 0 spiro atoms. The van der Waals surface area contributed by atoms with Crippen LogP contribution in [-0.4, -0.2) is 62.7 Å². The number of anilines is 2. The second-order valence-corrected chi connectivity index (χ2v) is 7.90. The van der Waals surface area contributed by atoms with Crippen LogP contribution in [0.25, 0.3) is 0 Å². The van der Waals surface area contributed by atoms with E-state index in [4.69, 9.17) is 4.74 Å². The van der Waals surface area contributed by atoms with Crippen LogP contribution in [0.15, 0.2) is 59.6 Å². The lowest BCUT2D eigenvalue weighted by Crippen LogP contribution is -2.52. The predicted molar refractivity (Wildman–Crippen MR) is 140 cm³/mol. The van der Waals surface area contributed by atoms with Crippen molar-refractivity contribution in [2.75, 3.05) is 50.1 Å². The largest absolute Gasteiger partial charge is 0.368 e. The number of nitrogens with zero attached hydrogens (tertiary/aromatic N) is 3. The van der Waals surface area contributed by atoms with Crippen molar-refractivity contribution in [2.24, 2.45) is 4.99 Å². The first kappa shape index (κ1) is 24.3. The van der Waals surface area contributed by atoms with Gasteiger partial charge in [-0.05, 0) is 42.7 Å². The number of carbonyl (C=O) groups excluding carboxylic acids is 1. The fourth-order valence-corrected chi connectivity index (χ4v) is 4.09. The first-order chi connectivity index (χ1) is 15.2. The number of nitrogens with one attached hydrogen (secondary N) is 2. The van der Waals surface area contributed by atoms with Crippen LogP contribution in [0.2, 0.25) is 0 Å². The molecule has 172 valence electrons. The number of amides is 1. The zero-order valence-electron chi connectivity index (χ0n) is 18.5. The van der Waals surface area contributed by atoms with E-state index < -0.39 is 0 Å². The summed E-state index contributed by atoms with van der Waals surface area (Å²) in [4.78, 5) is 21.5. The molecule has 0 bridgehead atoms. The predicted octanol–water partition coefficient (Wildman–Crippen LogP) is 3.32. The lowest BCUT2D eigenvalue weighted by molar-refractivity contribution is -0.124. The topological polar surface area (TPSA) is 69.2 Å². The van der Waals surface area contributed by atoms with Gasteiger partial charge in [0.05, 0.1) is 0 Å². The van der Waals surface area contributed by atoms with Gasteiger partial charge in [0.15, 0.2) is 5.96 Å². The molecule has 2 aliphatic heterocycles. The number of halogens is 1. The molecule has 4 rings (SSSR count). The van der Waals surface area contributed by atoms with Gasteiger partial charge in [0.1, 0.15) is 6.10 Å². The molecule has 2 saturated heterocycles. The first-order valence-electron chi connectivity index (χ1n) is 11.0. The van der Waals surface area contributed by atoms with Gasteiger partial charge in [-0.1, -0.05) is 30.3 Å². The number of hydrogen-bond donors (Lipinski definition) is 2. The van der Waals surface area contributed by atoms with E-state index in [2.05, 4.69) is 61.8 Å². The third-order valence-electron chi connectivity index (χ3n) is 5.78. The van der Waals surface area contributed by atoms with E-state index in [1.807, 2.05) is 25.2 Å². The zero-order chi connectivity index (χ0) is 21.5. The van der Waals surface area contributed by atoms with Gasteiger partial charge >= 0.3 is 0 Å². The van der Waals surface area contributed by atoms with Crippen molar-refractivity contribution in [1.82, 2.24) is 10.2 Å². The number of ether oxygens (including phenoxy) is 1. The minimum absolute atomic E-state index is 0. The smallest absolute Gasteiger partial charge is 0.253 e. The van der Waals surface area contributed by atoms with Gasteiger partial charge in [-0.3, -0.25) is 9.79 Å². The summed E-state index contributed by atoms with van der Waals surface area (Å²) < 4.78 is 5.46. The van der Waals surface area contributed by atoms with Crippen molar-refractivity contribution in [3.05, 3.63) is 60.2 Å². The van der Waals surface area contributed by atoms with E-state index >= 15 is 0 Å². The second-order valence-electron chi connectivity index (χ2n) is 7.90. The summed E-state index contributed by atoms with van der Waals surface area (Å²) >= 11 is 0. The average Bonchev–Trinajstić information content (AvgIpc) is 3.36. The highest BCUT2D eigenvalue weighted by molar-refractivity contribution is 14.0. The molecule has 0 aromatic heterocycles. The summed E-state index contributed by atoms with van der Waals surface area (Å²) in [5.41, 5.74) is 3.16. The Morgan fingerprint density at radius 2 is 1.88 bits per heavy atom. The van der Waals surface area contributed by atoms with E-state index in [0.717, 1.165) is 56.2 Å². The molecule has 0 aliphatic carbocycles. The minimum Gasteiger partial charge on any atom is -0.368 e. The maximum atomic E-state index is 12.3. The highest BCUT2D eigenvalue weighted by atomic mass is 127. The van der Waals surface area contributed by atoms with Gasteiger partial charge < -0.3 is 25.2 Å². The quantitative estimate of drug-likeness (QED) is 0.341. The molecule has 0 radical (unpaired) electrons. The summed E-state index contributed by atoms with van der Waals surface area (Å²) in [5, 5.41) is 6.44. The Balaban J connectivity index is 0.00000289. The van der Waals surface area contributed by atoms with E-state index in [1.54, 1.807) is 0 Å². The SMILES string of the molecule is CN=C(NCc1cccc(NC(=O)C2CCCO2)c1)N1CCN(c2ccccc2)CC1.I. The van der Waals surface area contributed by atoms with Crippen molar-refractivity contribution in [3.63, 3.8) is 0 Å². The molecular formula is C24H32IN5O2. The third kappa shape index (κ3) is 6.35. The molecule has 2 heterocycles. The normalized spacial score (nSPS) is 18.8. The lowest BCUT2D eigenvalue weighted by Gasteiger charge is -2.37. The Bertz CT molecular complexity index is 894. The Kier molecular flexibility index (Phi) is 9.16. The van der Waals surface area contributed by atoms with E-state index in [1.165, 1.54) is 5.69 Å². The van der Waals surface area contributed by atoms with Crippen LogP contribution in [-0.2, 0) is 16.1 Å².